The first-order valence-corrected chi connectivity index (χ1v) is 5.70. The van der Waals surface area contributed by atoms with Gasteiger partial charge in [0, 0.05) is 19.6 Å². The first-order valence-electron chi connectivity index (χ1n) is 4.94. The van der Waals surface area contributed by atoms with Gasteiger partial charge in [-0.25, -0.2) is 0 Å². The summed E-state index contributed by atoms with van der Waals surface area (Å²) >= 11 is 11.7. The first kappa shape index (κ1) is 12.0. The number of methoxy groups -OCH3 is 1. The van der Waals surface area contributed by atoms with Crippen LogP contribution in [0.25, 0.3) is 0 Å². The highest BCUT2D eigenvalue weighted by atomic mass is 35.5. The number of hydrogen-bond acceptors (Lipinski definition) is 3. The summed E-state index contributed by atoms with van der Waals surface area (Å²) in [5, 5.41) is 10.3. The average Bonchev–Trinajstić information content (AvgIpc) is 2.23. The quantitative estimate of drug-likeness (QED) is 0.910. The Morgan fingerprint density at radius 2 is 2.06 bits per heavy atom. The Morgan fingerprint density at radius 3 is 2.62 bits per heavy atom. The summed E-state index contributed by atoms with van der Waals surface area (Å²) in [4.78, 5) is 0. The molecule has 1 aromatic rings. The molecule has 1 N–H and O–H groups in total. The number of hydrogen-bond donors (Lipinski definition) is 1. The van der Waals surface area contributed by atoms with E-state index in [0.29, 0.717) is 22.2 Å². The van der Waals surface area contributed by atoms with Crippen molar-refractivity contribution in [2.75, 3.05) is 7.11 Å². The Hall–Kier alpha value is -0.480. The standard InChI is InChI=1S/C11H12Cl2O3/c1-15-11-9(14)5-10(11)16-6-2-3-7(12)8(13)4-6/h2-4,9-11,14H,5H2,1H3. The summed E-state index contributed by atoms with van der Waals surface area (Å²) in [6, 6.07) is 5.07. The molecule has 0 bridgehead atoms. The van der Waals surface area contributed by atoms with Crippen molar-refractivity contribution < 1.29 is 14.6 Å². The van der Waals surface area contributed by atoms with Crippen LogP contribution >= 0.6 is 23.2 Å². The third kappa shape index (κ3) is 2.28. The number of halogens is 2. The van der Waals surface area contributed by atoms with E-state index in [9.17, 15) is 5.11 Å². The van der Waals surface area contributed by atoms with Crippen molar-refractivity contribution >= 4 is 23.2 Å². The van der Waals surface area contributed by atoms with Crippen molar-refractivity contribution in [1.82, 2.24) is 0 Å². The molecule has 0 saturated heterocycles. The fourth-order valence-electron chi connectivity index (χ4n) is 1.71. The maximum atomic E-state index is 9.40. The van der Waals surface area contributed by atoms with Gasteiger partial charge in [0.25, 0.3) is 0 Å². The normalized spacial score (nSPS) is 28.6. The molecule has 2 rings (SSSR count). The summed E-state index contributed by atoms with van der Waals surface area (Å²) in [6.45, 7) is 0. The molecule has 0 amide bonds. The van der Waals surface area contributed by atoms with Gasteiger partial charge in [0.2, 0.25) is 0 Å². The van der Waals surface area contributed by atoms with E-state index in [4.69, 9.17) is 32.7 Å². The van der Waals surface area contributed by atoms with Gasteiger partial charge < -0.3 is 14.6 Å². The highest BCUT2D eigenvalue weighted by Gasteiger charge is 2.42. The maximum Gasteiger partial charge on any atom is 0.130 e. The van der Waals surface area contributed by atoms with E-state index in [2.05, 4.69) is 0 Å². The molecule has 1 aromatic carbocycles. The van der Waals surface area contributed by atoms with Crippen LogP contribution in [0.5, 0.6) is 5.75 Å². The predicted octanol–water partition coefficient (Wildman–Crippen LogP) is 2.52. The average molecular weight is 263 g/mol. The monoisotopic (exact) mass is 262 g/mol. The summed E-state index contributed by atoms with van der Waals surface area (Å²) in [6.07, 6.45) is -0.275. The molecule has 0 aliphatic heterocycles. The molecule has 0 radical (unpaired) electrons. The van der Waals surface area contributed by atoms with Gasteiger partial charge in [-0.05, 0) is 12.1 Å². The van der Waals surface area contributed by atoms with Gasteiger partial charge >= 0.3 is 0 Å². The molecule has 3 nitrogen and oxygen atoms in total. The number of ether oxygens (including phenoxy) is 2. The van der Waals surface area contributed by atoms with Crippen LogP contribution in [0.2, 0.25) is 10.0 Å². The minimum Gasteiger partial charge on any atom is -0.487 e. The Labute approximate surface area is 104 Å². The van der Waals surface area contributed by atoms with E-state index in [-0.39, 0.29) is 12.2 Å². The van der Waals surface area contributed by atoms with Crippen LogP contribution in [0, 0.1) is 0 Å². The Kier molecular flexibility index (Phi) is 3.60. The molecule has 0 heterocycles. The van der Waals surface area contributed by atoms with Crippen LogP contribution < -0.4 is 4.74 Å². The second-order valence-corrected chi connectivity index (χ2v) is 4.55. The largest absolute Gasteiger partial charge is 0.487 e. The van der Waals surface area contributed by atoms with Crippen LogP contribution in [0.1, 0.15) is 6.42 Å². The predicted molar refractivity (Wildman–Crippen MR) is 62.3 cm³/mol. The summed E-state index contributed by atoms with van der Waals surface area (Å²) in [7, 11) is 1.55. The lowest BCUT2D eigenvalue weighted by atomic mass is 9.88. The SMILES string of the molecule is COC1C(O)CC1Oc1ccc(Cl)c(Cl)c1. The van der Waals surface area contributed by atoms with Gasteiger partial charge in [0.15, 0.2) is 0 Å². The van der Waals surface area contributed by atoms with Crippen molar-refractivity contribution in [2.45, 2.75) is 24.7 Å². The number of rotatable bonds is 3. The number of benzene rings is 1. The maximum absolute atomic E-state index is 9.40. The summed E-state index contributed by atoms with van der Waals surface area (Å²) < 4.78 is 10.7. The number of aliphatic hydroxyl groups excluding tert-OH is 1. The zero-order valence-electron chi connectivity index (χ0n) is 8.69. The van der Waals surface area contributed by atoms with E-state index in [1.165, 1.54) is 0 Å². The van der Waals surface area contributed by atoms with Gasteiger partial charge in [-0.3, -0.25) is 0 Å². The second kappa shape index (κ2) is 4.80. The fraction of sp³-hybridized carbons (Fsp3) is 0.455. The first-order chi connectivity index (χ1) is 7.61. The van der Waals surface area contributed by atoms with E-state index < -0.39 is 6.10 Å². The molecule has 3 atom stereocenters. The fourth-order valence-corrected chi connectivity index (χ4v) is 2.00. The highest BCUT2D eigenvalue weighted by Crippen LogP contribution is 2.31. The minimum atomic E-state index is -0.447. The van der Waals surface area contributed by atoms with Crippen molar-refractivity contribution in [3.05, 3.63) is 28.2 Å². The van der Waals surface area contributed by atoms with Crippen LogP contribution in [-0.2, 0) is 4.74 Å². The van der Waals surface area contributed by atoms with Crippen LogP contribution in [-0.4, -0.2) is 30.5 Å². The molecule has 1 saturated carbocycles. The Morgan fingerprint density at radius 1 is 1.31 bits per heavy atom. The lowest BCUT2D eigenvalue weighted by molar-refractivity contribution is -0.149. The molecule has 88 valence electrons. The summed E-state index contributed by atoms with van der Waals surface area (Å²) in [5.74, 6) is 0.633. The number of aliphatic hydroxyl groups is 1. The molecule has 5 heteroatoms. The molecule has 1 aliphatic carbocycles. The third-order valence-corrected chi connectivity index (χ3v) is 3.41. The van der Waals surface area contributed by atoms with Crippen molar-refractivity contribution in [3.8, 4) is 5.75 Å². The van der Waals surface area contributed by atoms with E-state index in [1.54, 1.807) is 25.3 Å². The topological polar surface area (TPSA) is 38.7 Å². The van der Waals surface area contributed by atoms with Gasteiger partial charge in [-0.15, -0.1) is 0 Å². The smallest absolute Gasteiger partial charge is 0.130 e. The zero-order valence-corrected chi connectivity index (χ0v) is 10.2. The van der Waals surface area contributed by atoms with Crippen LogP contribution in [0.3, 0.4) is 0 Å². The van der Waals surface area contributed by atoms with Gasteiger partial charge in [0.1, 0.15) is 18.0 Å². The van der Waals surface area contributed by atoms with E-state index >= 15 is 0 Å². The molecule has 3 unspecified atom stereocenters. The molecule has 16 heavy (non-hydrogen) atoms. The second-order valence-electron chi connectivity index (χ2n) is 3.74. The Bertz CT molecular complexity index is 383. The third-order valence-electron chi connectivity index (χ3n) is 2.67. The van der Waals surface area contributed by atoms with Crippen molar-refractivity contribution in [2.24, 2.45) is 0 Å². The molecular weight excluding hydrogens is 251 g/mol. The minimum absolute atomic E-state index is 0.128. The van der Waals surface area contributed by atoms with Gasteiger partial charge in [-0.2, -0.15) is 0 Å². The molecule has 0 aromatic heterocycles. The highest BCUT2D eigenvalue weighted by molar-refractivity contribution is 6.42. The summed E-state index contributed by atoms with van der Waals surface area (Å²) in [5.41, 5.74) is 0. The lowest BCUT2D eigenvalue weighted by Gasteiger charge is -2.40. The Balaban J connectivity index is 2.02. The van der Waals surface area contributed by atoms with Crippen LogP contribution in [0.15, 0.2) is 18.2 Å². The van der Waals surface area contributed by atoms with Crippen LogP contribution in [0.4, 0.5) is 0 Å². The molecule has 1 fully saturated rings. The van der Waals surface area contributed by atoms with E-state index in [1.807, 2.05) is 0 Å². The molecule has 1 aliphatic rings. The zero-order chi connectivity index (χ0) is 11.7. The lowest BCUT2D eigenvalue weighted by Crippen LogP contribution is -2.54. The van der Waals surface area contributed by atoms with Crippen molar-refractivity contribution in [1.29, 1.82) is 0 Å². The van der Waals surface area contributed by atoms with Crippen molar-refractivity contribution in [3.63, 3.8) is 0 Å². The molecule has 0 spiro atoms. The van der Waals surface area contributed by atoms with E-state index in [0.717, 1.165) is 0 Å². The van der Waals surface area contributed by atoms with Gasteiger partial charge in [-0.1, -0.05) is 23.2 Å². The van der Waals surface area contributed by atoms with Gasteiger partial charge in [0.05, 0.1) is 16.1 Å². The molecular formula is C11H12Cl2O3.